The summed E-state index contributed by atoms with van der Waals surface area (Å²) in [6.07, 6.45) is 2.68. The van der Waals surface area contributed by atoms with Crippen molar-refractivity contribution in [3.8, 4) is 11.6 Å². The first-order valence-corrected chi connectivity index (χ1v) is 9.72. The van der Waals surface area contributed by atoms with Crippen LogP contribution in [0.15, 0.2) is 48.7 Å². The topological polar surface area (TPSA) is 103 Å². The number of aromatic nitrogens is 4. The van der Waals surface area contributed by atoms with Crippen LogP contribution in [0.5, 0.6) is 5.75 Å². The molecule has 1 fully saturated rings. The summed E-state index contributed by atoms with van der Waals surface area (Å²) < 4.78 is 12.7. The van der Waals surface area contributed by atoms with E-state index < -0.39 is 0 Å². The minimum absolute atomic E-state index is 0.270. The molecule has 0 unspecified atom stereocenters. The van der Waals surface area contributed by atoms with E-state index in [4.69, 9.17) is 15.2 Å². The largest absolute Gasteiger partial charge is 0.494 e. The highest BCUT2D eigenvalue weighted by Crippen LogP contribution is 2.20. The van der Waals surface area contributed by atoms with Gasteiger partial charge in [-0.25, -0.2) is 4.98 Å². The standard InChI is InChI=1S/C20H25N7O2/c21-19-24-20(25-27(19)18-4-1-2-9-22-18)23-16-5-7-17(8-6-16)29-13-3-10-26-11-14-28-15-12-26/h1-2,4-9H,3,10-15H2,(H3,21,23,24,25). The molecule has 1 saturated heterocycles. The molecule has 0 aliphatic carbocycles. The molecular formula is C20H25N7O2. The van der Waals surface area contributed by atoms with Crippen LogP contribution in [0.2, 0.25) is 0 Å². The number of morpholine rings is 1. The minimum Gasteiger partial charge on any atom is -0.494 e. The second-order valence-corrected chi connectivity index (χ2v) is 6.70. The summed E-state index contributed by atoms with van der Waals surface area (Å²) >= 11 is 0. The van der Waals surface area contributed by atoms with Gasteiger partial charge < -0.3 is 20.5 Å². The van der Waals surface area contributed by atoms with Gasteiger partial charge in [0.2, 0.25) is 11.9 Å². The molecule has 0 atom stereocenters. The molecule has 1 aliphatic heterocycles. The Hall–Kier alpha value is -3.17. The van der Waals surface area contributed by atoms with Crippen molar-refractivity contribution in [1.82, 2.24) is 24.6 Å². The van der Waals surface area contributed by atoms with Crippen LogP contribution >= 0.6 is 0 Å². The predicted octanol–water partition coefficient (Wildman–Crippen LogP) is 2.09. The highest BCUT2D eigenvalue weighted by molar-refractivity contribution is 5.55. The van der Waals surface area contributed by atoms with E-state index >= 15 is 0 Å². The van der Waals surface area contributed by atoms with Crippen LogP contribution in [0, 0.1) is 0 Å². The number of ether oxygens (including phenoxy) is 2. The van der Waals surface area contributed by atoms with Gasteiger partial charge in [0.15, 0.2) is 5.82 Å². The number of hydrogen-bond acceptors (Lipinski definition) is 8. The van der Waals surface area contributed by atoms with Gasteiger partial charge in [-0.15, -0.1) is 5.10 Å². The van der Waals surface area contributed by atoms with Gasteiger partial charge in [0.1, 0.15) is 5.75 Å². The number of rotatable bonds is 8. The Bertz CT molecular complexity index is 893. The molecule has 0 spiro atoms. The fraction of sp³-hybridized carbons (Fsp3) is 0.350. The van der Waals surface area contributed by atoms with Gasteiger partial charge in [-0.1, -0.05) is 6.07 Å². The summed E-state index contributed by atoms with van der Waals surface area (Å²) in [7, 11) is 0. The molecule has 9 heteroatoms. The molecule has 2 aromatic heterocycles. The molecule has 29 heavy (non-hydrogen) atoms. The highest BCUT2D eigenvalue weighted by atomic mass is 16.5. The molecule has 0 radical (unpaired) electrons. The van der Waals surface area contributed by atoms with E-state index in [0.29, 0.717) is 18.4 Å². The monoisotopic (exact) mass is 395 g/mol. The lowest BCUT2D eigenvalue weighted by Crippen LogP contribution is -2.37. The minimum atomic E-state index is 0.270. The van der Waals surface area contributed by atoms with Crippen molar-refractivity contribution in [2.75, 3.05) is 50.5 Å². The molecule has 152 valence electrons. The lowest BCUT2D eigenvalue weighted by molar-refractivity contribution is 0.0358. The van der Waals surface area contributed by atoms with Crippen LogP contribution in [0.1, 0.15) is 6.42 Å². The summed E-state index contributed by atoms with van der Waals surface area (Å²) in [6, 6.07) is 13.2. The quantitative estimate of drug-likeness (QED) is 0.559. The zero-order valence-corrected chi connectivity index (χ0v) is 16.2. The Morgan fingerprint density at radius 1 is 1.10 bits per heavy atom. The second kappa shape index (κ2) is 9.35. The lowest BCUT2D eigenvalue weighted by atomic mass is 10.3. The van der Waals surface area contributed by atoms with Crippen LogP contribution in [0.25, 0.3) is 5.82 Å². The molecule has 9 nitrogen and oxygen atoms in total. The van der Waals surface area contributed by atoms with Crippen LogP contribution in [0.3, 0.4) is 0 Å². The van der Waals surface area contributed by atoms with Crippen molar-refractivity contribution < 1.29 is 9.47 Å². The molecule has 0 saturated carbocycles. The van der Waals surface area contributed by atoms with Crippen molar-refractivity contribution in [2.45, 2.75) is 6.42 Å². The van der Waals surface area contributed by atoms with Gasteiger partial charge in [0.05, 0.1) is 19.8 Å². The van der Waals surface area contributed by atoms with Crippen molar-refractivity contribution in [2.24, 2.45) is 0 Å². The Morgan fingerprint density at radius 3 is 2.69 bits per heavy atom. The SMILES string of the molecule is Nc1nc(Nc2ccc(OCCCN3CCOCC3)cc2)nn1-c1ccccn1. The summed E-state index contributed by atoms with van der Waals surface area (Å²) in [4.78, 5) is 10.9. The van der Waals surface area contributed by atoms with E-state index in [2.05, 4.69) is 25.3 Å². The molecule has 3 N–H and O–H groups in total. The number of anilines is 3. The van der Waals surface area contributed by atoms with Crippen LogP contribution in [-0.4, -0.2) is 64.1 Å². The third-order valence-corrected chi connectivity index (χ3v) is 4.60. The molecular weight excluding hydrogens is 370 g/mol. The number of nitrogen functional groups attached to an aromatic ring is 1. The highest BCUT2D eigenvalue weighted by Gasteiger charge is 2.11. The van der Waals surface area contributed by atoms with Crippen LogP contribution in [0.4, 0.5) is 17.6 Å². The second-order valence-electron chi connectivity index (χ2n) is 6.70. The smallest absolute Gasteiger partial charge is 0.248 e. The summed E-state index contributed by atoms with van der Waals surface area (Å²) in [5.74, 6) is 2.13. The van der Waals surface area contributed by atoms with Gasteiger partial charge in [0, 0.05) is 31.5 Å². The Labute approximate surface area is 169 Å². The lowest BCUT2D eigenvalue weighted by Gasteiger charge is -2.26. The van der Waals surface area contributed by atoms with Crippen LogP contribution < -0.4 is 15.8 Å². The Kier molecular flexibility index (Phi) is 6.18. The number of nitrogens with two attached hydrogens (primary N) is 1. The number of nitrogens with zero attached hydrogens (tertiary/aromatic N) is 5. The predicted molar refractivity (Wildman–Crippen MR) is 111 cm³/mol. The molecule has 3 heterocycles. The van der Waals surface area contributed by atoms with Crippen molar-refractivity contribution in [3.05, 3.63) is 48.7 Å². The number of nitrogens with one attached hydrogen (secondary N) is 1. The van der Waals surface area contributed by atoms with E-state index in [1.165, 1.54) is 4.68 Å². The fourth-order valence-electron chi connectivity index (χ4n) is 3.09. The fourth-order valence-corrected chi connectivity index (χ4v) is 3.09. The number of hydrogen-bond donors (Lipinski definition) is 2. The average molecular weight is 395 g/mol. The van der Waals surface area contributed by atoms with Gasteiger partial charge in [-0.2, -0.15) is 9.67 Å². The van der Waals surface area contributed by atoms with Crippen molar-refractivity contribution in [1.29, 1.82) is 0 Å². The van der Waals surface area contributed by atoms with E-state index in [-0.39, 0.29) is 5.95 Å². The molecule has 0 amide bonds. The van der Waals surface area contributed by atoms with E-state index in [0.717, 1.165) is 50.7 Å². The van der Waals surface area contributed by atoms with E-state index in [9.17, 15) is 0 Å². The summed E-state index contributed by atoms with van der Waals surface area (Å²) in [5.41, 5.74) is 6.80. The third kappa shape index (κ3) is 5.21. The zero-order valence-electron chi connectivity index (χ0n) is 16.2. The van der Waals surface area contributed by atoms with Crippen molar-refractivity contribution in [3.63, 3.8) is 0 Å². The third-order valence-electron chi connectivity index (χ3n) is 4.60. The number of pyridine rings is 1. The Morgan fingerprint density at radius 2 is 1.93 bits per heavy atom. The molecule has 4 rings (SSSR count). The normalized spacial score (nSPS) is 14.6. The average Bonchev–Trinajstić information content (AvgIpc) is 3.14. The zero-order chi connectivity index (χ0) is 19.9. The maximum absolute atomic E-state index is 5.95. The number of benzene rings is 1. The first-order chi connectivity index (χ1) is 14.3. The first kappa shape index (κ1) is 19.2. The summed E-state index contributed by atoms with van der Waals surface area (Å²) in [5, 5.41) is 7.51. The maximum atomic E-state index is 5.95. The molecule has 1 aliphatic rings. The molecule has 0 bridgehead atoms. The van der Waals surface area contributed by atoms with Gasteiger partial charge in [-0.3, -0.25) is 4.90 Å². The van der Waals surface area contributed by atoms with Gasteiger partial charge in [-0.05, 0) is 42.8 Å². The van der Waals surface area contributed by atoms with Gasteiger partial charge >= 0.3 is 0 Å². The van der Waals surface area contributed by atoms with E-state index in [1.807, 2.05) is 42.5 Å². The van der Waals surface area contributed by atoms with E-state index in [1.54, 1.807) is 6.20 Å². The van der Waals surface area contributed by atoms with Crippen molar-refractivity contribution >= 4 is 17.6 Å². The van der Waals surface area contributed by atoms with Crippen LogP contribution in [-0.2, 0) is 4.74 Å². The summed E-state index contributed by atoms with van der Waals surface area (Å²) in [6.45, 7) is 5.40. The molecule has 3 aromatic rings. The maximum Gasteiger partial charge on any atom is 0.248 e. The molecule has 1 aromatic carbocycles. The van der Waals surface area contributed by atoms with Gasteiger partial charge in [0.25, 0.3) is 0 Å². The first-order valence-electron chi connectivity index (χ1n) is 9.72. The Balaban J connectivity index is 1.27.